The largest absolute Gasteiger partial charge is 0.508 e. The molecule has 3 rings (SSSR count). The van der Waals surface area contributed by atoms with Gasteiger partial charge in [0, 0.05) is 25.9 Å². The fourth-order valence-electron chi connectivity index (χ4n) is 7.31. The van der Waals surface area contributed by atoms with Crippen molar-refractivity contribution in [3.63, 3.8) is 0 Å². The van der Waals surface area contributed by atoms with Crippen LogP contribution in [0.4, 0.5) is 4.79 Å². The van der Waals surface area contributed by atoms with E-state index in [1.807, 2.05) is 0 Å². The molecular formula is C44H65N13O13. The molecule has 384 valence electrons. The summed E-state index contributed by atoms with van der Waals surface area (Å²) in [6.45, 7) is 4.50. The molecule has 1 aliphatic heterocycles. The quantitative estimate of drug-likeness (QED) is 0.0194. The van der Waals surface area contributed by atoms with Crippen LogP contribution in [-0.4, -0.2) is 152 Å². The number of aliphatic hydroxyl groups is 2. The molecular weight excluding hydrogens is 919 g/mol. The molecule has 70 heavy (non-hydrogen) atoms. The number of β-amino-alcohol motifs (C(OH)–C–C–N with tert-alkyl or cyclic N) is 1. The minimum Gasteiger partial charge on any atom is -0.508 e. The van der Waals surface area contributed by atoms with Crippen molar-refractivity contribution >= 4 is 59.3 Å². The molecule has 1 heterocycles. The van der Waals surface area contributed by atoms with Gasteiger partial charge in [-0.15, -0.1) is 0 Å². The highest BCUT2D eigenvalue weighted by molar-refractivity contribution is 5.98. The number of nitrogens with one attached hydrogen (secondary N) is 9. The Balaban J connectivity index is 1.73. The van der Waals surface area contributed by atoms with Gasteiger partial charge in [-0.1, -0.05) is 56.3 Å². The number of amides is 9. The van der Waals surface area contributed by atoms with Gasteiger partial charge in [0.25, 0.3) is 5.91 Å². The van der Waals surface area contributed by atoms with Gasteiger partial charge >= 0.3 is 12.0 Å². The van der Waals surface area contributed by atoms with Gasteiger partial charge in [0.2, 0.25) is 35.4 Å². The lowest BCUT2D eigenvalue weighted by atomic mass is 10.0. The Bertz CT molecular complexity index is 2160. The van der Waals surface area contributed by atoms with E-state index in [4.69, 9.17) is 22.6 Å². The Morgan fingerprint density at radius 1 is 0.757 bits per heavy atom. The van der Waals surface area contributed by atoms with E-state index in [9.17, 15) is 63.6 Å². The molecule has 19 N–H and O–H groups in total. The number of primary amides is 1. The van der Waals surface area contributed by atoms with Crippen LogP contribution in [0.3, 0.4) is 0 Å². The van der Waals surface area contributed by atoms with Crippen LogP contribution < -0.4 is 60.0 Å². The Morgan fingerprint density at radius 3 is 1.96 bits per heavy atom. The number of phenols is 1. The lowest BCUT2D eigenvalue weighted by molar-refractivity contribution is -0.142. The number of carbonyl (C=O) groups is 9. The third kappa shape index (κ3) is 18.8. The molecule has 9 amide bonds. The summed E-state index contributed by atoms with van der Waals surface area (Å²) in [6, 6.07) is 2.74. The summed E-state index contributed by atoms with van der Waals surface area (Å²) in [5.41, 5.74) is 22.2. The van der Waals surface area contributed by atoms with Crippen molar-refractivity contribution in [3.05, 3.63) is 65.7 Å². The Kier molecular flexibility index (Phi) is 22.2. The number of phenolic OH excluding ortho intramolecular Hbond substituents is 1. The van der Waals surface area contributed by atoms with Gasteiger partial charge in [0.1, 0.15) is 42.0 Å². The third-order valence-corrected chi connectivity index (χ3v) is 10.8. The molecule has 2 aromatic rings. The number of urea groups is 1. The normalized spacial score (nSPS) is 17.2. The van der Waals surface area contributed by atoms with E-state index in [0.717, 1.165) is 11.8 Å². The maximum Gasteiger partial charge on any atom is 0.334 e. The summed E-state index contributed by atoms with van der Waals surface area (Å²) < 4.78 is 0. The lowest BCUT2D eigenvalue weighted by Gasteiger charge is -2.29. The molecule has 0 unspecified atom stereocenters. The molecule has 26 heteroatoms. The van der Waals surface area contributed by atoms with E-state index in [0.29, 0.717) is 11.1 Å². The number of aliphatic carboxylic acids is 1. The smallest absolute Gasteiger partial charge is 0.334 e. The number of hydrogen-bond acceptors (Lipinski definition) is 14. The predicted molar refractivity (Wildman–Crippen MR) is 249 cm³/mol. The van der Waals surface area contributed by atoms with Crippen molar-refractivity contribution in [1.29, 1.82) is 5.41 Å². The number of likely N-dealkylation sites (tertiary alicyclic amines) is 1. The van der Waals surface area contributed by atoms with E-state index in [2.05, 4.69) is 42.8 Å². The van der Waals surface area contributed by atoms with Gasteiger partial charge in [-0.05, 0) is 61.8 Å². The number of aliphatic hydroxyl groups excluding tert-OH is 2. The van der Waals surface area contributed by atoms with Crippen LogP contribution >= 0.6 is 0 Å². The number of nitrogens with zero attached hydrogens (tertiary/aromatic N) is 1. The first-order valence-electron chi connectivity index (χ1n) is 22.4. The van der Waals surface area contributed by atoms with Crippen molar-refractivity contribution in [1.82, 2.24) is 47.7 Å². The summed E-state index contributed by atoms with van der Waals surface area (Å²) in [5, 5.41) is 62.0. The van der Waals surface area contributed by atoms with E-state index in [-0.39, 0.29) is 69.2 Å². The topological polar surface area (TPSA) is 436 Å². The minimum atomic E-state index is -1.85. The van der Waals surface area contributed by atoms with E-state index < -0.39 is 114 Å². The Hall–Kier alpha value is -7.58. The highest BCUT2D eigenvalue weighted by Crippen LogP contribution is 2.21. The number of guanidine groups is 1. The van der Waals surface area contributed by atoms with Gasteiger partial charge in [0.15, 0.2) is 5.96 Å². The van der Waals surface area contributed by atoms with E-state index in [1.54, 1.807) is 56.3 Å². The zero-order valence-corrected chi connectivity index (χ0v) is 39.0. The molecule has 26 nitrogen and oxygen atoms in total. The van der Waals surface area contributed by atoms with Crippen LogP contribution in [0.15, 0.2) is 54.6 Å². The fourth-order valence-corrected chi connectivity index (χ4v) is 7.31. The van der Waals surface area contributed by atoms with Crippen LogP contribution in [0.5, 0.6) is 5.75 Å². The van der Waals surface area contributed by atoms with Crippen molar-refractivity contribution < 1.29 is 63.6 Å². The Morgan fingerprint density at radius 2 is 1.37 bits per heavy atom. The maximum atomic E-state index is 13.8. The standard InChI is InChI=1S/C44H65N13O13/c1-22(2)16-30(36(62)50-29(42(68)69)10-7-15-49-43(47)48)53-44(70)56-55-38(64)31(18-24-8-5-4-6-9-24)52-40(66)35(23(3)58)54-37(63)32(20-34(46)61)51-39(65)33-19-27(60)21-57(33)41(67)28(45)17-25-11-13-26(59)14-12-25/h4-6,8-9,11-14,22-23,27-33,35,58-60H,7,10,15-21,45H2,1-3H3,(H2,46,61)(H,50,62)(H,51,65)(H,52,66)(H,54,63)(H,55,64)(H,68,69)(H4,47,48,49)(H2,53,56,70)/t23-,27-,28-,29+,30+,31+,32+,33+,35+/m1/s1. The molecule has 1 fully saturated rings. The highest BCUT2D eigenvalue weighted by atomic mass is 16.4. The minimum absolute atomic E-state index is 0.00639. The number of carboxylic acid groups (broad SMARTS) is 1. The monoisotopic (exact) mass is 983 g/mol. The summed E-state index contributed by atoms with van der Waals surface area (Å²) in [7, 11) is 0. The number of hydrogen-bond donors (Lipinski definition) is 16. The second-order valence-corrected chi connectivity index (χ2v) is 17.2. The predicted octanol–water partition coefficient (Wildman–Crippen LogP) is -4.25. The molecule has 0 aliphatic carbocycles. The summed E-state index contributed by atoms with van der Waals surface area (Å²) in [6.07, 6.45) is -3.88. The van der Waals surface area contributed by atoms with Gasteiger partial charge in [-0.3, -0.25) is 44.4 Å². The van der Waals surface area contributed by atoms with Crippen LogP contribution in [0.1, 0.15) is 64.0 Å². The zero-order chi connectivity index (χ0) is 52.2. The molecule has 0 radical (unpaired) electrons. The van der Waals surface area contributed by atoms with Crippen LogP contribution in [0.2, 0.25) is 0 Å². The van der Waals surface area contributed by atoms with E-state index >= 15 is 0 Å². The molecule has 2 aromatic carbocycles. The third-order valence-electron chi connectivity index (χ3n) is 10.8. The lowest BCUT2D eigenvalue weighted by Crippen LogP contribution is -2.62. The molecule has 9 atom stereocenters. The average molecular weight is 984 g/mol. The summed E-state index contributed by atoms with van der Waals surface area (Å²) in [5.74, 6) is -8.77. The van der Waals surface area contributed by atoms with Crippen LogP contribution in [0.25, 0.3) is 0 Å². The van der Waals surface area contributed by atoms with Crippen molar-refractivity contribution in [2.75, 3.05) is 13.1 Å². The van der Waals surface area contributed by atoms with Crippen LogP contribution in [0, 0.1) is 11.3 Å². The second-order valence-electron chi connectivity index (χ2n) is 17.2. The molecule has 1 saturated heterocycles. The molecule has 0 aromatic heterocycles. The van der Waals surface area contributed by atoms with Gasteiger partial charge < -0.3 is 74.4 Å². The molecule has 0 bridgehead atoms. The number of hydrazine groups is 1. The number of carboxylic acids is 1. The van der Waals surface area contributed by atoms with Gasteiger partial charge in [-0.25, -0.2) is 15.0 Å². The van der Waals surface area contributed by atoms with Crippen molar-refractivity contribution in [3.8, 4) is 5.75 Å². The number of nitrogens with two attached hydrogens (primary N) is 3. The van der Waals surface area contributed by atoms with Gasteiger partial charge in [0.05, 0.1) is 24.7 Å². The summed E-state index contributed by atoms with van der Waals surface area (Å²) in [4.78, 5) is 120. The number of aromatic hydroxyl groups is 1. The van der Waals surface area contributed by atoms with Gasteiger partial charge in [-0.2, -0.15) is 0 Å². The maximum absolute atomic E-state index is 13.8. The zero-order valence-electron chi connectivity index (χ0n) is 39.0. The van der Waals surface area contributed by atoms with Crippen LogP contribution in [-0.2, 0) is 51.2 Å². The Labute approximate surface area is 403 Å². The molecule has 0 saturated carbocycles. The second kappa shape index (κ2) is 27.4. The number of carbonyl (C=O) groups excluding carboxylic acids is 8. The molecule has 1 aliphatic rings. The van der Waals surface area contributed by atoms with E-state index in [1.165, 1.54) is 12.1 Å². The first-order valence-corrected chi connectivity index (χ1v) is 22.4. The van der Waals surface area contributed by atoms with Crippen molar-refractivity contribution in [2.24, 2.45) is 23.1 Å². The highest BCUT2D eigenvalue weighted by Gasteiger charge is 2.42. The summed E-state index contributed by atoms with van der Waals surface area (Å²) >= 11 is 0. The first-order chi connectivity index (χ1) is 32.9. The molecule has 0 spiro atoms. The SMILES string of the molecule is CC(C)C[C@H](NC(=O)NNC(=O)[C@H](Cc1ccccc1)NC(=O)[C@@H](NC(=O)[C@H](CC(N)=O)NC(=O)[C@@H]1C[C@@H](O)CN1C(=O)[C@H](N)Cc1ccc(O)cc1)[C@@H](C)O)C(=O)N[C@@H](CCCNC(=N)N)C(=O)O. The first kappa shape index (κ1) is 56.7. The number of rotatable bonds is 25. The number of benzene rings is 2. The van der Waals surface area contributed by atoms with Crippen molar-refractivity contribution in [2.45, 2.75) is 120 Å². The fraction of sp³-hybridized carbons (Fsp3) is 0.500. The average Bonchev–Trinajstić information content (AvgIpc) is 3.69.